The molecule has 0 saturated carbocycles. The molecule has 3 rings (SSSR count). The molecule has 2 heterocycles. The Morgan fingerprint density at radius 3 is 3.11 bits per heavy atom. The van der Waals surface area contributed by atoms with Gasteiger partial charge in [0.2, 0.25) is 0 Å². The zero-order chi connectivity index (χ0) is 12.8. The number of hydrogen-bond acceptors (Lipinski definition) is 3. The van der Waals surface area contributed by atoms with Crippen molar-refractivity contribution in [3.63, 3.8) is 0 Å². The van der Waals surface area contributed by atoms with E-state index in [0.29, 0.717) is 23.0 Å². The lowest BCUT2D eigenvalue weighted by molar-refractivity contribution is -0.0214. The zero-order valence-corrected chi connectivity index (χ0v) is 11.2. The van der Waals surface area contributed by atoms with Crippen LogP contribution in [0.15, 0.2) is 18.2 Å². The molecule has 1 aromatic carbocycles. The van der Waals surface area contributed by atoms with Crippen LogP contribution in [0, 0.1) is 5.82 Å². The second kappa shape index (κ2) is 4.42. The number of benzene rings is 1. The molecule has 3 atom stereocenters. The molecule has 0 aliphatic carbocycles. The average molecular weight is 268 g/mol. The summed E-state index contributed by atoms with van der Waals surface area (Å²) in [5, 5.41) is 10.6. The molecule has 1 fully saturated rings. The fourth-order valence-corrected chi connectivity index (χ4v) is 4.19. The molecule has 18 heavy (non-hydrogen) atoms. The Bertz CT molecular complexity index is 465. The van der Waals surface area contributed by atoms with Gasteiger partial charge in [-0.2, -0.15) is 11.8 Å². The minimum absolute atomic E-state index is 0.311. The highest BCUT2D eigenvalue weighted by Crippen LogP contribution is 2.48. The molecule has 0 bridgehead atoms. The Morgan fingerprint density at radius 1 is 1.50 bits per heavy atom. The van der Waals surface area contributed by atoms with Crippen LogP contribution in [0.3, 0.4) is 0 Å². The number of rotatable bonds is 0. The van der Waals surface area contributed by atoms with Crippen LogP contribution in [0.5, 0.6) is 5.75 Å². The number of halogens is 1. The van der Waals surface area contributed by atoms with Gasteiger partial charge < -0.3 is 9.84 Å². The Hall–Kier alpha value is -0.740. The van der Waals surface area contributed by atoms with Gasteiger partial charge in [-0.15, -0.1) is 0 Å². The number of ether oxygens (including phenoxy) is 1. The second-order valence-corrected chi connectivity index (χ2v) is 6.63. The van der Waals surface area contributed by atoms with Crippen LogP contribution < -0.4 is 4.74 Å². The van der Waals surface area contributed by atoms with Gasteiger partial charge in [0.1, 0.15) is 17.2 Å². The summed E-state index contributed by atoms with van der Waals surface area (Å²) in [7, 11) is 0. The maximum absolute atomic E-state index is 13.3. The molecule has 2 nitrogen and oxygen atoms in total. The third-order valence-electron chi connectivity index (χ3n) is 4.04. The predicted octanol–water partition coefficient (Wildman–Crippen LogP) is 3.30. The SMILES string of the molecule is CC1SCCCC12C[C@H](O)c1ccc(F)cc1O2. The van der Waals surface area contributed by atoms with Crippen LogP contribution in [-0.4, -0.2) is 21.7 Å². The highest BCUT2D eigenvalue weighted by Gasteiger charge is 2.46. The molecule has 4 heteroatoms. The summed E-state index contributed by atoms with van der Waals surface area (Å²) < 4.78 is 19.4. The van der Waals surface area contributed by atoms with Crippen molar-refractivity contribution in [1.82, 2.24) is 0 Å². The lowest BCUT2D eigenvalue weighted by Gasteiger charge is -2.46. The first-order valence-electron chi connectivity index (χ1n) is 6.39. The summed E-state index contributed by atoms with van der Waals surface area (Å²) in [5.74, 6) is 1.34. The lowest BCUT2D eigenvalue weighted by atomic mass is 9.83. The third-order valence-corrected chi connectivity index (χ3v) is 5.49. The maximum atomic E-state index is 13.3. The summed E-state index contributed by atoms with van der Waals surface area (Å²) in [6.45, 7) is 2.14. The molecule has 98 valence electrons. The van der Waals surface area contributed by atoms with E-state index < -0.39 is 6.10 Å². The number of hydrogen-bond donors (Lipinski definition) is 1. The van der Waals surface area contributed by atoms with Crippen molar-refractivity contribution in [3.8, 4) is 5.75 Å². The second-order valence-electron chi connectivity index (χ2n) is 5.19. The van der Waals surface area contributed by atoms with E-state index in [1.165, 1.54) is 12.1 Å². The van der Waals surface area contributed by atoms with Crippen molar-refractivity contribution >= 4 is 11.8 Å². The first kappa shape index (κ1) is 12.3. The molecular weight excluding hydrogens is 251 g/mol. The summed E-state index contributed by atoms with van der Waals surface area (Å²) >= 11 is 1.87. The van der Waals surface area contributed by atoms with Gasteiger partial charge in [0.05, 0.1) is 6.10 Å². The normalized spacial score (nSPS) is 35.1. The third kappa shape index (κ3) is 1.91. The smallest absolute Gasteiger partial charge is 0.128 e. The van der Waals surface area contributed by atoms with Crippen molar-refractivity contribution in [2.75, 3.05) is 5.75 Å². The largest absolute Gasteiger partial charge is 0.486 e. The minimum Gasteiger partial charge on any atom is -0.486 e. The van der Waals surface area contributed by atoms with Gasteiger partial charge in [0.15, 0.2) is 0 Å². The van der Waals surface area contributed by atoms with Gasteiger partial charge in [-0.1, -0.05) is 0 Å². The molecule has 1 saturated heterocycles. The fourth-order valence-electron chi connectivity index (χ4n) is 2.96. The quantitative estimate of drug-likeness (QED) is 0.783. The molecule has 0 aromatic heterocycles. The Balaban J connectivity index is 1.99. The van der Waals surface area contributed by atoms with E-state index in [4.69, 9.17) is 4.74 Å². The van der Waals surface area contributed by atoms with Gasteiger partial charge in [0, 0.05) is 23.3 Å². The minimum atomic E-state index is -0.546. The van der Waals surface area contributed by atoms with Crippen LogP contribution in [0.25, 0.3) is 0 Å². The van der Waals surface area contributed by atoms with E-state index in [1.54, 1.807) is 6.07 Å². The number of thioether (sulfide) groups is 1. The van der Waals surface area contributed by atoms with Crippen LogP contribution in [0.2, 0.25) is 0 Å². The first-order chi connectivity index (χ1) is 8.61. The van der Waals surface area contributed by atoms with Crippen molar-refractivity contribution in [2.24, 2.45) is 0 Å². The molecule has 1 N–H and O–H groups in total. The van der Waals surface area contributed by atoms with E-state index in [9.17, 15) is 9.50 Å². The summed E-state index contributed by atoms with van der Waals surface area (Å²) in [4.78, 5) is 0. The molecule has 0 amide bonds. The number of fused-ring (bicyclic) bond motifs is 1. The summed E-state index contributed by atoms with van der Waals surface area (Å²) in [5.41, 5.74) is 0.383. The number of aliphatic hydroxyl groups is 1. The predicted molar refractivity (Wildman–Crippen MR) is 70.5 cm³/mol. The van der Waals surface area contributed by atoms with Gasteiger partial charge >= 0.3 is 0 Å². The maximum Gasteiger partial charge on any atom is 0.128 e. The average Bonchev–Trinajstić information content (AvgIpc) is 2.32. The zero-order valence-electron chi connectivity index (χ0n) is 10.4. The standard InChI is InChI=1S/C14H17FO2S/c1-9-14(5-2-6-18-9)8-12(16)11-4-3-10(15)7-13(11)17-14/h3-4,7,9,12,16H,2,5-6,8H2,1H3/t9?,12-,14?/m0/s1. The molecule has 2 aliphatic rings. The topological polar surface area (TPSA) is 29.5 Å². The van der Waals surface area contributed by atoms with Gasteiger partial charge in [-0.25, -0.2) is 4.39 Å². The van der Waals surface area contributed by atoms with E-state index in [1.807, 2.05) is 11.8 Å². The first-order valence-corrected chi connectivity index (χ1v) is 7.44. The Morgan fingerprint density at radius 2 is 2.33 bits per heavy atom. The van der Waals surface area contributed by atoms with Crippen molar-refractivity contribution in [1.29, 1.82) is 0 Å². The molecule has 1 spiro atoms. The van der Waals surface area contributed by atoms with Crippen LogP contribution in [0.1, 0.15) is 37.9 Å². The monoisotopic (exact) mass is 268 g/mol. The highest BCUT2D eigenvalue weighted by molar-refractivity contribution is 8.00. The number of aliphatic hydroxyl groups excluding tert-OH is 1. The van der Waals surface area contributed by atoms with Gasteiger partial charge in [0.25, 0.3) is 0 Å². The summed E-state index contributed by atoms with van der Waals surface area (Å²) in [6, 6.07) is 4.40. The van der Waals surface area contributed by atoms with E-state index in [0.717, 1.165) is 18.6 Å². The van der Waals surface area contributed by atoms with Crippen molar-refractivity contribution in [2.45, 2.75) is 43.1 Å². The highest BCUT2D eigenvalue weighted by atomic mass is 32.2. The van der Waals surface area contributed by atoms with Crippen LogP contribution in [-0.2, 0) is 0 Å². The van der Waals surface area contributed by atoms with Crippen molar-refractivity contribution in [3.05, 3.63) is 29.6 Å². The van der Waals surface area contributed by atoms with E-state index in [2.05, 4.69) is 6.92 Å². The van der Waals surface area contributed by atoms with Crippen molar-refractivity contribution < 1.29 is 14.2 Å². The molecular formula is C14H17FO2S. The van der Waals surface area contributed by atoms with E-state index >= 15 is 0 Å². The van der Waals surface area contributed by atoms with Crippen LogP contribution >= 0.6 is 11.8 Å². The fraction of sp³-hybridized carbons (Fsp3) is 0.571. The van der Waals surface area contributed by atoms with Gasteiger partial charge in [-0.05, 0) is 37.7 Å². The van der Waals surface area contributed by atoms with E-state index in [-0.39, 0.29) is 11.4 Å². The Kier molecular flexibility index (Phi) is 3.02. The summed E-state index contributed by atoms with van der Waals surface area (Å²) in [6.07, 6.45) is 2.09. The lowest BCUT2D eigenvalue weighted by Crippen LogP contribution is -2.50. The molecule has 2 aliphatic heterocycles. The van der Waals surface area contributed by atoms with Gasteiger partial charge in [-0.3, -0.25) is 0 Å². The van der Waals surface area contributed by atoms with Crippen LogP contribution in [0.4, 0.5) is 4.39 Å². The molecule has 0 radical (unpaired) electrons. The molecule has 1 aromatic rings. The molecule has 2 unspecified atom stereocenters. The Labute approximate surface area is 111 Å².